The second-order valence-corrected chi connectivity index (χ2v) is 13.6. The lowest BCUT2D eigenvalue weighted by Crippen LogP contribution is -2.55. The van der Waals surface area contributed by atoms with Gasteiger partial charge in [-0.1, -0.05) is 30.3 Å². The second kappa shape index (κ2) is 17.3. The van der Waals surface area contributed by atoms with Crippen molar-refractivity contribution in [1.82, 2.24) is 19.9 Å². The van der Waals surface area contributed by atoms with E-state index in [9.17, 15) is 27.6 Å². The molecular formula is C30H46N6O8S. The van der Waals surface area contributed by atoms with E-state index >= 15 is 0 Å². The van der Waals surface area contributed by atoms with Gasteiger partial charge < -0.3 is 19.7 Å². The standard InChI is InChI=1S/C30H46N6O8S/c1-21(2)44-30(40)43-16-8-12-27(37)32-20-24-17-23(13-15-36(24)31)19-33-28(38)26-11-7-14-35(26)29(39)25(34-45(3,41)42)18-22-9-5-4-6-10-22/h4-6,9-10,20-21,23-26,34H,7-8,11-19,31H2,1-3H3,(H,33,38)/t23?,24?,25-,26+/m1/s1. The van der Waals surface area contributed by atoms with Crippen molar-refractivity contribution in [3.63, 3.8) is 0 Å². The third-order valence-electron chi connectivity index (χ3n) is 7.61. The minimum absolute atomic E-state index is 0.0486. The molecule has 3 amide bonds. The van der Waals surface area contributed by atoms with Gasteiger partial charge in [0, 0.05) is 32.3 Å². The van der Waals surface area contributed by atoms with Gasteiger partial charge in [0.05, 0.1) is 25.0 Å². The normalized spacial score (nSPS) is 21.5. The molecule has 1 aromatic carbocycles. The van der Waals surface area contributed by atoms with Crippen LogP contribution in [0.2, 0.25) is 0 Å². The van der Waals surface area contributed by atoms with Crippen molar-refractivity contribution < 1.29 is 37.1 Å². The number of nitrogens with zero attached hydrogens (tertiary/aromatic N) is 3. The number of benzene rings is 1. The average molecular weight is 651 g/mol. The predicted octanol–water partition coefficient (Wildman–Crippen LogP) is 1.15. The molecule has 14 nitrogen and oxygen atoms in total. The van der Waals surface area contributed by atoms with E-state index < -0.39 is 34.2 Å². The Kier molecular flexibility index (Phi) is 13.9. The molecule has 2 aliphatic heterocycles. The SMILES string of the molecule is CC(C)OC(=O)OCCCC(=O)N=CC1CC(CNC(=O)[C@@H]2CCCN2C(=O)[C@@H](Cc2ccccc2)NS(C)(=O)=O)CCN1N. The zero-order valence-corrected chi connectivity index (χ0v) is 27.0. The molecule has 2 fully saturated rings. The number of aliphatic imine (C=N–C) groups is 1. The van der Waals surface area contributed by atoms with Crippen LogP contribution in [0, 0.1) is 5.92 Å². The van der Waals surface area contributed by atoms with Crippen LogP contribution in [0.5, 0.6) is 0 Å². The fraction of sp³-hybridized carbons (Fsp3) is 0.633. The van der Waals surface area contributed by atoms with Gasteiger partial charge in [0.2, 0.25) is 27.7 Å². The highest BCUT2D eigenvalue weighted by Crippen LogP contribution is 2.22. The monoisotopic (exact) mass is 650 g/mol. The van der Waals surface area contributed by atoms with Crippen molar-refractivity contribution in [3.05, 3.63) is 35.9 Å². The maximum atomic E-state index is 13.5. The zero-order valence-electron chi connectivity index (χ0n) is 26.2. The summed E-state index contributed by atoms with van der Waals surface area (Å²) >= 11 is 0. The third-order valence-corrected chi connectivity index (χ3v) is 8.33. The molecular weight excluding hydrogens is 604 g/mol. The van der Waals surface area contributed by atoms with Crippen LogP contribution in [0.4, 0.5) is 4.79 Å². The largest absolute Gasteiger partial charge is 0.508 e. The van der Waals surface area contributed by atoms with E-state index in [1.165, 1.54) is 11.1 Å². The summed E-state index contributed by atoms with van der Waals surface area (Å²) in [7, 11) is -3.68. The lowest BCUT2D eigenvalue weighted by atomic mass is 9.92. The van der Waals surface area contributed by atoms with E-state index in [2.05, 4.69) is 15.0 Å². The number of piperidine rings is 1. The smallest absolute Gasteiger partial charge is 0.434 e. The van der Waals surface area contributed by atoms with Gasteiger partial charge in [0.25, 0.3) is 0 Å². The number of amides is 3. The van der Waals surface area contributed by atoms with Gasteiger partial charge in [-0.15, -0.1) is 0 Å². The molecule has 250 valence electrons. The molecule has 0 radical (unpaired) electrons. The molecule has 3 rings (SSSR count). The van der Waals surface area contributed by atoms with Crippen molar-refractivity contribution in [2.24, 2.45) is 16.8 Å². The third kappa shape index (κ3) is 12.5. The number of hydrazine groups is 1. The van der Waals surface area contributed by atoms with E-state index in [-0.39, 0.29) is 49.3 Å². The number of hydrogen-bond donors (Lipinski definition) is 3. The summed E-state index contributed by atoms with van der Waals surface area (Å²) < 4.78 is 36.4. The minimum Gasteiger partial charge on any atom is -0.434 e. The quantitative estimate of drug-likeness (QED) is 0.114. The summed E-state index contributed by atoms with van der Waals surface area (Å²) in [6.45, 7) is 4.74. The Morgan fingerprint density at radius 3 is 2.56 bits per heavy atom. The lowest BCUT2D eigenvalue weighted by Gasteiger charge is -2.35. The van der Waals surface area contributed by atoms with Crippen LogP contribution in [-0.4, -0.2) is 105 Å². The van der Waals surface area contributed by atoms with Crippen LogP contribution in [0.1, 0.15) is 57.9 Å². The van der Waals surface area contributed by atoms with Gasteiger partial charge in [0.15, 0.2) is 0 Å². The molecule has 0 aromatic heterocycles. The van der Waals surface area contributed by atoms with Crippen LogP contribution >= 0.6 is 0 Å². The number of sulfonamides is 1. The van der Waals surface area contributed by atoms with Crippen molar-refractivity contribution in [3.8, 4) is 0 Å². The summed E-state index contributed by atoms with van der Waals surface area (Å²) in [5, 5.41) is 4.59. The molecule has 2 saturated heterocycles. The molecule has 4 atom stereocenters. The Bertz CT molecular complexity index is 1290. The molecule has 0 aliphatic carbocycles. The number of nitrogens with two attached hydrogens (primary N) is 1. The fourth-order valence-electron chi connectivity index (χ4n) is 5.42. The van der Waals surface area contributed by atoms with Gasteiger partial charge in [-0.05, 0) is 63.9 Å². The maximum absolute atomic E-state index is 13.5. The van der Waals surface area contributed by atoms with E-state index in [0.717, 1.165) is 18.2 Å². The van der Waals surface area contributed by atoms with E-state index in [0.29, 0.717) is 45.3 Å². The molecule has 15 heteroatoms. The Balaban J connectivity index is 1.50. The van der Waals surface area contributed by atoms with Crippen LogP contribution in [0.15, 0.2) is 35.3 Å². The van der Waals surface area contributed by atoms with Crippen LogP contribution < -0.4 is 15.9 Å². The highest BCUT2D eigenvalue weighted by Gasteiger charge is 2.38. The molecule has 0 spiro atoms. The topological polar surface area (TPSA) is 190 Å². The zero-order chi connectivity index (χ0) is 33.0. The first kappa shape index (κ1) is 36.1. The second-order valence-electron chi connectivity index (χ2n) is 11.8. The number of carbonyl (C=O) groups is 4. The average Bonchev–Trinajstić information content (AvgIpc) is 3.47. The van der Waals surface area contributed by atoms with Gasteiger partial charge in [-0.25, -0.2) is 27.9 Å². The molecule has 0 bridgehead atoms. The summed E-state index contributed by atoms with van der Waals surface area (Å²) in [6.07, 6.45) is 4.46. The van der Waals surface area contributed by atoms with Crippen molar-refractivity contribution in [2.45, 2.75) is 83.0 Å². The molecule has 45 heavy (non-hydrogen) atoms. The van der Waals surface area contributed by atoms with Crippen molar-refractivity contribution >= 4 is 40.1 Å². The number of hydrogen-bond acceptors (Lipinski definition) is 10. The minimum atomic E-state index is -3.68. The highest BCUT2D eigenvalue weighted by atomic mass is 32.2. The van der Waals surface area contributed by atoms with E-state index in [4.69, 9.17) is 15.3 Å². The van der Waals surface area contributed by atoms with Crippen LogP contribution in [0.25, 0.3) is 0 Å². The lowest BCUT2D eigenvalue weighted by molar-refractivity contribution is -0.139. The fourth-order valence-corrected chi connectivity index (χ4v) is 6.12. The Morgan fingerprint density at radius 2 is 1.87 bits per heavy atom. The van der Waals surface area contributed by atoms with Crippen molar-refractivity contribution in [2.75, 3.05) is 32.5 Å². The maximum Gasteiger partial charge on any atom is 0.508 e. The van der Waals surface area contributed by atoms with Crippen LogP contribution in [0.3, 0.4) is 0 Å². The van der Waals surface area contributed by atoms with E-state index in [1.807, 2.05) is 30.3 Å². The molecule has 0 saturated carbocycles. The number of rotatable bonds is 14. The Morgan fingerprint density at radius 1 is 1.13 bits per heavy atom. The summed E-state index contributed by atoms with van der Waals surface area (Å²) in [5.74, 6) is 5.14. The number of carbonyl (C=O) groups excluding carboxylic acids is 4. The highest BCUT2D eigenvalue weighted by molar-refractivity contribution is 7.88. The molecule has 2 heterocycles. The first-order chi connectivity index (χ1) is 21.3. The summed E-state index contributed by atoms with van der Waals surface area (Å²) in [5.41, 5.74) is 0.802. The Labute approximate surface area is 265 Å². The van der Waals surface area contributed by atoms with Crippen LogP contribution in [-0.2, 0) is 40.3 Å². The first-order valence-electron chi connectivity index (χ1n) is 15.3. The number of likely N-dealkylation sites (tertiary alicyclic amines) is 1. The first-order valence-corrected chi connectivity index (χ1v) is 17.2. The van der Waals surface area contributed by atoms with Gasteiger partial charge >= 0.3 is 6.16 Å². The summed E-state index contributed by atoms with van der Waals surface area (Å²) in [6, 6.07) is 7.10. The van der Waals surface area contributed by atoms with Crippen molar-refractivity contribution in [1.29, 1.82) is 0 Å². The van der Waals surface area contributed by atoms with Gasteiger partial charge in [-0.3, -0.25) is 20.2 Å². The Hall–Kier alpha value is -3.40. The summed E-state index contributed by atoms with van der Waals surface area (Å²) in [4.78, 5) is 55.9. The number of nitrogens with one attached hydrogen (secondary N) is 2. The molecule has 2 aliphatic rings. The van der Waals surface area contributed by atoms with Gasteiger partial charge in [-0.2, -0.15) is 0 Å². The number of ether oxygens (including phenoxy) is 2. The van der Waals surface area contributed by atoms with Gasteiger partial charge in [0.1, 0.15) is 12.1 Å². The molecule has 1 aromatic rings. The van der Waals surface area contributed by atoms with E-state index in [1.54, 1.807) is 18.9 Å². The molecule has 4 N–H and O–H groups in total. The predicted molar refractivity (Wildman–Crippen MR) is 167 cm³/mol. The molecule has 2 unspecified atom stereocenters.